The van der Waals surface area contributed by atoms with Crippen molar-refractivity contribution in [1.82, 2.24) is 26.1 Å². The number of esters is 1. The number of nitrogens with one attached hydrogen (secondary N) is 3. The Labute approximate surface area is 264 Å². The number of rotatable bonds is 1. The van der Waals surface area contributed by atoms with E-state index in [2.05, 4.69) is 16.1 Å². The number of aromatic nitrogens is 1. The SMILES string of the molecule is CC(C)[C@@H]1OC(=O)C2(/C=C\c3ccc4ccc(nc4c3)[C@@H](C)NC(=O)[C@@H]3CCCN(N3)C(=O)[C@H](C)NC1=O)CCOC(C)(C)C2. The summed E-state index contributed by atoms with van der Waals surface area (Å²) in [7, 11) is 0. The maximum absolute atomic E-state index is 14.1. The van der Waals surface area contributed by atoms with Crippen LogP contribution in [0.3, 0.4) is 0 Å². The van der Waals surface area contributed by atoms with Crippen molar-refractivity contribution in [2.45, 2.75) is 97.1 Å². The van der Waals surface area contributed by atoms with E-state index in [0.29, 0.717) is 44.5 Å². The molecule has 3 amide bonds. The Morgan fingerprint density at radius 3 is 2.47 bits per heavy atom. The highest BCUT2D eigenvalue weighted by Gasteiger charge is 2.47. The highest BCUT2D eigenvalue weighted by atomic mass is 16.6. The summed E-state index contributed by atoms with van der Waals surface area (Å²) in [6.45, 7) is 11.7. The molecular weight excluding hydrogens is 574 g/mol. The third-order valence-electron chi connectivity index (χ3n) is 8.92. The van der Waals surface area contributed by atoms with Gasteiger partial charge in [0.1, 0.15) is 12.1 Å². The highest BCUT2D eigenvalue weighted by Crippen LogP contribution is 2.42. The number of cyclic esters (lactones) is 1. The summed E-state index contributed by atoms with van der Waals surface area (Å²) in [5.74, 6) is -2.03. The number of amides is 3. The first-order chi connectivity index (χ1) is 21.3. The molecule has 0 saturated carbocycles. The Morgan fingerprint density at radius 1 is 1.00 bits per heavy atom. The van der Waals surface area contributed by atoms with Gasteiger partial charge in [-0.25, -0.2) is 5.43 Å². The Hall–Kier alpha value is -3.83. The van der Waals surface area contributed by atoms with Gasteiger partial charge < -0.3 is 20.1 Å². The van der Waals surface area contributed by atoms with E-state index < -0.39 is 41.1 Å². The molecule has 1 unspecified atom stereocenters. The van der Waals surface area contributed by atoms with Gasteiger partial charge in [0.05, 0.1) is 28.3 Å². The summed E-state index contributed by atoms with van der Waals surface area (Å²) >= 11 is 0. The fraction of sp³-hybridized carbons (Fsp3) is 0.559. The minimum atomic E-state index is -1.12. The second-order valence-corrected chi connectivity index (χ2v) is 13.6. The van der Waals surface area contributed by atoms with Crippen LogP contribution >= 0.6 is 0 Å². The first kappa shape index (κ1) is 32.6. The van der Waals surface area contributed by atoms with Gasteiger partial charge in [-0.05, 0) is 77.0 Å². The second-order valence-electron chi connectivity index (χ2n) is 13.6. The molecule has 2 fully saturated rings. The maximum atomic E-state index is 14.1. The van der Waals surface area contributed by atoms with E-state index in [1.165, 1.54) is 5.01 Å². The molecule has 3 N–H and O–H groups in total. The molecule has 11 nitrogen and oxygen atoms in total. The van der Waals surface area contributed by atoms with E-state index in [9.17, 15) is 19.2 Å². The highest BCUT2D eigenvalue weighted by molar-refractivity contribution is 5.92. The minimum absolute atomic E-state index is 0.238. The molecule has 1 aromatic carbocycles. The molecule has 1 spiro atoms. The molecule has 4 heterocycles. The van der Waals surface area contributed by atoms with Crippen LogP contribution < -0.4 is 16.1 Å². The molecule has 45 heavy (non-hydrogen) atoms. The van der Waals surface area contributed by atoms with Gasteiger partial charge in [-0.3, -0.25) is 29.2 Å². The second kappa shape index (κ2) is 12.9. The largest absolute Gasteiger partial charge is 0.451 e. The van der Waals surface area contributed by atoms with E-state index >= 15 is 0 Å². The lowest BCUT2D eigenvalue weighted by atomic mass is 9.73. The molecule has 3 aliphatic heterocycles. The topological polar surface area (TPSA) is 139 Å². The van der Waals surface area contributed by atoms with E-state index in [1.54, 1.807) is 20.8 Å². The van der Waals surface area contributed by atoms with Crippen LogP contribution in [0.15, 0.2) is 36.4 Å². The van der Waals surface area contributed by atoms with Crippen molar-refractivity contribution in [3.63, 3.8) is 0 Å². The van der Waals surface area contributed by atoms with Gasteiger partial charge in [0.25, 0.3) is 11.8 Å². The van der Waals surface area contributed by atoms with Crippen LogP contribution in [-0.4, -0.2) is 70.6 Å². The fourth-order valence-corrected chi connectivity index (χ4v) is 6.38. The normalized spacial score (nSPS) is 30.6. The zero-order valence-corrected chi connectivity index (χ0v) is 27.0. The Bertz CT molecular complexity index is 1510. The molecule has 0 radical (unpaired) electrons. The maximum Gasteiger partial charge on any atom is 0.316 e. The number of fused-ring (bicyclic) bond motifs is 4. The molecular formula is C34H45N5O6. The average Bonchev–Trinajstić information content (AvgIpc) is 3.00. The molecule has 5 rings (SSSR count). The van der Waals surface area contributed by atoms with Crippen molar-refractivity contribution >= 4 is 40.7 Å². The lowest BCUT2D eigenvalue weighted by Gasteiger charge is -2.42. The zero-order valence-electron chi connectivity index (χ0n) is 27.0. The van der Waals surface area contributed by atoms with Crippen LogP contribution in [0.2, 0.25) is 0 Å². The number of pyridine rings is 1. The summed E-state index contributed by atoms with van der Waals surface area (Å²) in [5, 5.41) is 8.12. The van der Waals surface area contributed by atoms with Crippen LogP contribution in [0.1, 0.15) is 84.5 Å². The predicted molar refractivity (Wildman–Crippen MR) is 169 cm³/mol. The fourth-order valence-electron chi connectivity index (χ4n) is 6.38. The zero-order chi connectivity index (χ0) is 32.5. The number of hydrazine groups is 1. The van der Waals surface area contributed by atoms with Gasteiger partial charge in [0.2, 0.25) is 5.91 Å². The summed E-state index contributed by atoms with van der Waals surface area (Å²) in [6, 6.07) is 7.84. The van der Waals surface area contributed by atoms with E-state index in [0.717, 1.165) is 16.5 Å². The molecule has 11 heteroatoms. The number of benzene rings is 1. The average molecular weight is 620 g/mol. The number of hydrogen-bond acceptors (Lipinski definition) is 8. The smallest absolute Gasteiger partial charge is 0.316 e. The van der Waals surface area contributed by atoms with Gasteiger partial charge in [-0.2, -0.15) is 0 Å². The summed E-state index contributed by atoms with van der Waals surface area (Å²) < 4.78 is 12.0. The molecule has 5 bridgehead atoms. The number of nitrogens with zero attached hydrogens (tertiary/aromatic N) is 2. The van der Waals surface area contributed by atoms with E-state index in [-0.39, 0.29) is 23.8 Å². The minimum Gasteiger partial charge on any atom is -0.451 e. The van der Waals surface area contributed by atoms with E-state index in [1.807, 2.05) is 63.3 Å². The monoisotopic (exact) mass is 619 g/mol. The first-order valence-corrected chi connectivity index (χ1v) is 15.9. The van der Waals surface area contributed by atoms with E-state index in [4.69, 9.17) is 14.5 Å². The summed E-state index contributed by atoms with van der Waals surface area (Å²) in [6.07, 6.45) is 4.58. The molecule has 3 aliphatic rings. The Balaban J connectivity index is 1.55. The van der Waals surface area contributed by atoms with Gasteiger partial charge >= 0.3 is 5.97 Å². The molecule has 2 aromatic rings. The summed E-state index contributed by atoms with van der Waals surface area (Å²) in [5.41, 5.74) is 3.72. The molecule has 1 aromatic heterocycles. The van der Waals surface area contributed by atoms with Crippen molar-refractivity contribution in [3.05, 3.63) is 47.7 Å². The van der Waals surface area contributed by atoms with Crippen LogP contribution in [-0.2, 0) is 28.7 Å². The Morgan fingerprint density at radius 2 is 1.73 bits per heavy atom. The van der Waals surface area contributed by atoms with Crippen molar-refractivity contribution in [2.24, 2.45) is 11.3 Å². The molecule has 242 valence electrons. The molecule has 0 aliphatic carbocycles. The standard InChI is InChI=1S/C34H45N5O6/c1-20(2)28-30(41)36-22(4)31(42)39-16-7-8-26(38-39)29(40)35-21(3)25-12-11-24-10-9-23(18-27(24)37-25)13-14-34(32(43)45-28)15-17-44-33(5,6)19-34/h9-14,18,20-22,26,28,38H,7-8,15-17,19H2,1-6H3,(H,35,40)(H,36,41)/b14-13-/t21-,22+,26+,28+,34?/m1/s1. The van der Waals surface area contributed by atoms with Crippen molar-refractivity contribution in [3.8, 4) is 0 Å². The summed E-state index contributed by atoms with van der Waals surface area (Å²) in [4.78, 5) is 59.1. The van der Waals surface area contributed by atoms with Crippen LogP contribution in [0.25, 0.3) is 17.0 Å². The number of hydrogen-bond donors (Lipinski definition) is 3. The molecule has 2 saturated heterocycles. The van der Waals surface area contributed by atoms with Gasteiger partial charge in [-0.1, -0.05) is 44.2 Å². The third kappa shape index (κ3) is 7.20. The first-order valence-electron chi connectivity index (χ1n) is 15.9. The lowest BCUT2D eigenvalue weighted by Crippen LogP contribution is -2.61. The van der Waals surface area contributed by atoms with Crippen LogP contribution in [0.5, 0.6) is 0 Å². The number of carbonyl (C=O) groups is 4. The van der Waals surface area contributed by atoms with Gasteiger partial charge in [0.15, 0.2) is 6.10 Å². The quantitative estimate of drug-likeness (QED) is 0.412. The van der Waals surface area contributed by atoms with Crippen molar-refractivity contribution in [1.29, 1.82) is 0 Å². The van der Waals surface area contributed by atoms with Crippen LogP contribution in [0.4, 0.5) is 0 Å². The Kier molecular flexibility index (Phi) is 9.32. The van der Waals surface area contributed by atoms with Crippen LogP contribution in [0, 0.1) is 11.3 Å². The molecule has 5 atom stereocenters. The lowest BCUT2D eigenvalue weighted by molar-refractivity contribution is -0.177. The van der Waals surface area contributed by atoms with Crippen molar-refractivity contribution in [2.75, 3.05) is 13.2 Å². The van der Waals surface area contributed by atoms with Crippen molar-refractivity contribution < 1.29 is 28.7 Å². The predicted octanol–water partition coefficient (Wildman–Crippen LogP) is 3.58. The third-order valence-corrected chi connectivity index (χ3v) is 8.92. The van der Waals surface area contributed by atoms with Gasteiger partial charge in [-0.15, -0.1) is 0 Å². The number of ether oxygens (including phenoxy) is 2. The number of carbonyl (C=O) groups excluding carboxylic acids is 4. The van der Waals surface area contributed by atoms with Gasteiger partial charge in [0, 0.05) is 18.5 Å².